The number of alkyl carbamates (subject to hydrolysis) is 1. The van der Waals surface area contributed by atoms with Crippen molar-refractivity contribution in [3.05, 3.63) is 70.7 Å². The van der Waals surface area contributed by atoms with Crippen LogP contribution in [0.2, 0.25) is 0 Å². The van der Waals surface area contributed by atoms with E-state index in [9.17, 15) is 27.2 Å². The molecular weight excluding hydrogens is 454 g/mol. The van der Waals surface area contributed by atoms with Gasteiger partial charge in [-0.2, -0.15) is 13.2 Å². The zero-order valence-corrected chi connectivity index (χ0v) is 18.8. The molecule has 6 nitrogen and oxygen atoms in total. The second-order valence-corrected chi connectivity index (χ2v) is 8.88. The third-order valence-corrected chi connectivity index (χ3v) is 5.00. The van der Waals surface area contributed by atoms with Crippen LogP contribution in [-0.4, -0.2) is 17.5 Å². The highest BCUT2D eigenvalue weighted by atomic mass is 19.4. The minimum absolute atomic E-state index is 0.0337. The Kier molecular flexibility index (Phi) is 6.90. The van der Waals surface area contributed by atoms with Gasteiger partial charge in [0.05, 0.1) is 11.6 Å². The lowest BCUT2D eigenvalue weighted by Gasteiger charge is -2.25. The van der Waals surface area contributed by atoms with Gasteiger partial charge in [0.1, 0.15) is 11.4 Å². The fraction of sp³-hybridized carbons (Fsp3) is 0.333. The van der Waals surface area contributed by atoms with Crippen molar-refractivity contribution in [2.24, 2.45) is 0 Å². The van der Waals surface area contributed by atoms with Crippen LogP contribution in [0.25, 0.3) is 0 Å². The third kappa shape index (κ3) is 6.06. The zero-order valence-electron chi connectivity index (χ0n) is 18.8. The number of nitrogens with two attached hydrogens (primary N) is 1. The van der Waals surface area contributed by atoms with E-state index in [1.54, 1.807) is 20.8 Å². The Balaban J connectivity index is 2.05. The summed E-state index contributed by atoms with van der Waals surface area (Å²) in [5.74, 6) is -1.14. The van der Waals surface area contributed by atoms with Gasteiger partial charge in [-0.25, -0.2) is 9.18 Å². The molecule has 10 heteroatoms. The summed E-state index contributed by atoms with van der Waals surface area (Å²) in [6.45, 7) is 4.93. The molecule has 2 aromatic carbocycles. The molecule has 0 saturated carbocycles. The Morgan fingerprint density at radius 3 is 2.41 bits per heavy atom. The van der Waals surface area contributed by atoms with Gasteiger partial charge in [0.2, 0.25) is 0 Å². The number of nitrogens with one attached hydrogen (secondary N) is 2. The molecule has 0 saturated heterocycles. The molecular formula is C24H25F4N3O3. The first-order valence-corrected chi connectivity index (χ1v) is 10.5. The standard InChI is InChI=1S/C24H25F4N3O3/c1-23(2,3)34-22(33)31-21(16-8-7-14(29)12-17(16)25)20-18(9-10-19(20)32)30-15-6-4-5-13(11-15)24(26,27)28/h4-8,11-12,21,30H,9-10,29H2,1-3H3,(H,31,33). The van der Waals surface area contributed by atoms with Crippen molar-refractivity contribution in [3.8, 4) is 0 Å². The van der Waals surface area contributed by atoms with Crippen LogP contribution in [0.15, 0.2) is 53.7 Å². The van der Waals surface area contributed by atoms with Crippen molar-refractivity contribution in [1.29, 1.82) is 0 Å². The molecule has 0 spiro atoms. The van der Waals surface area contributed by atoms with Gasteiger partial charge in [-0.1, -0.05) is 12.1 Å². The van der Waals surface area contributed by atoms with Crippen molar-refractivity contribution in [2.45, 2.75) is 51.4 Å². The summed E-state index contributed by atoms with van der Waals surface area (Å²) in [4.78, 5) is 25.4. The number of nitrogen functional groups attached to an aromatic ring is 1. The van der Waals surface area contributed by atoms with E-state index in [4.69, 9.17) is 10.5 Å². The molecule has 0 bridgehead atoms. The monoisotopic (exact) mass is 479 g/mol. The molecule has 1 aliphatic rings. The predicted octanol–water partition coefficient (Wildman–Crippen LogP) is 5.72. The number of amides is 1. The number of hydrogen-bond acceptors (Lipinski definition) is 5. The van der Waals surface area contributed by atoms with Crippen molar-refractivity contribution < 1.29 is 31.9 Å². The number of carbonyl (C=O) groups is 2. The van der Waals surface area contributed by atoms with Gasteiger partial charge in [0.15, 0.2) is 5.78 Å². The van der Waals surface area contributed by atoms with E-state index in [2.05, 4.69) is 10.6 Å². The van der Waals surface area contributed by atoms with Crippen LogP contribution in [0.4, 0.5) is 33.7 Å². The smallest absolute Gasteiger partial charge is 0.416 e. The number of benzene rings is 2. The molecule has 34 heavy (non-hydrogen) atoms. The van der Waals surface area contributed by atoms with E-state index < -0.39 is 35.3 Å². The molecule has 1 unspecified atom stereocenters. The number of ether oxygens (including phenoxy) is 1. The van der Waals surface area contributed by atoms with E-state index >= 15 is 0 Å². The summed E-state index contributed by atoms with van der Waals surface area (Å²) in [6, 6.07) is 7.05. The SMILES string of the molecule is CC(C)(C)OC(=O)NC(C1=C(Nc2cccc(C(F)(F)F)c2)CCC1=O)c1ccc(N)cc1F. The number of hydrogen-bond donors (Lipinski definition) is 3. The summed E-state index contributed by atoms with van der Waals surface area (Å²) in [5, 5.41) is 5.39. The van der Waals surface area contributed by atoms with E-state index in [0.717, 1.165) is 18.2 Å². The molecule has 0 aromatic heterocycles. The number of allylic oxidation sites excluding steroid dienone is 1. The molecule has 1 atom stereocenters. The van der Waals surface area contributed by atoms with Crippen LogP contribution in [-0.2, 0) is 15.7 Å². The molecule has 1 amide bonds. The summed E-state index contributed by atoms with van der Waals surface area (Å²) in [7, 11) is 0. The summed E-state index contributed by atoms with van der Waals surface area (Å²) < 4.78 is 59.5. The first-order chi connectivity index (χ1) is 15.7. The molecule has 0 aliphatic heterocycles. The van der Waals surface area contributed by atoms with E-state index in [0.29, 0.717) is 0 Å². The summed E-state index contributed by atoms with van der Waals surface area (Å²) >= 11 is 0. The maximum absolute atomic E-state index is 14.9. The van der Waals surface area contributed by atoms with Crippen molar-refractivity contribution in [3.63, 3.8) is 0 Å². The van der Waals surface area contributed by atoms with Crippen LogP contribution in [0.1, 0.15) is 50.8 Å². The van der Waals surface area contributed by atoms with Crippen LogP contribution in [0.3, 0.4) is 0 Å². The van der Waals surface area contributed by atoms with Gasteiger partial charge in [-0.3, -0.25) is 4.79 Å². The number of ketones is 1. The topological polar surface area (TPSA) is 93.5 Å². The van der Waals surface area contributed by atoms with Gasteiger partial charge in [-0.15, -0.1) is 0 Å². The van der Waals surface area contributed by atoms with E-state index in [1.807, 2.05) is 0 Å². The minimum Gasteiger partial charge on any atom is -0.444 e. The first-order valence-electron chi connectivity index (χ1n) is 10.5. The maximum atomic E-state index is 14.9. The van der Waals surface area contributed by atoms with Crippen molar-refractivity contribution >= 4 is 23.3 Å². The Bertz CT molecular complexity index is 1140. The molecule has 3 rings (SSSR count). The minimum atomic E-state index is -4.55. The molecule has 182 valence electrons. The molecule has 2 aromatic rings. The fourth-order valence-electron chi connectivity index (χ4n) is 3.60. The van der Waals surface area contributed by atoms with Crippen LogP contribution in [0, 0.1) is 5.82 Å². The second-order valence-electron chi connectivity index (χ2n) is 8.88. The Hall–Kier alpha value is -3.56. The largest absolute Gasteiger partial charge is 0.444 e. The summed E-state index contributed by atoms with van der Waals surface area (Å²) in [6.07, 6.45) is -5.22. The van der Waals surface area contributed by atoms with Gasteiger partial charge >= 0.3 is 12.3 Å². The Morgan fingerprint density at radius 2 is 1.79 bits per heavy atom. The normalized spacial score (nSPS) is 15.3. The third-order valence-electron chi connectivity index (χ3n) is 5.00. The highest BCUT2D eigenvalue weighted by Gasteiger charge is 2.35. The van der Waals surface area contributed by atoms with E-state index in [1.165, 1.54) is 24.3 Å². The van der Waals surface area contributed by atoms with Gasteiger partial charge < -0.3 is 21.1 Å². The van der Waals surface area contributed by atoms with Crippen LogP contribution < -0.4 is 16.4 Å². The van der Waals surface area contributed by atoms with E-state index in [-0.39, 0.29) is 46.8 Å². The van der Waals surface area contributed by atoms with Gasteiger partial charge in [0, 0.05) is 34.6 Å². The van der Waals surface area contributed by atoms with Crippen molar-refractivity contribution in [2.75, 3.05) is 11.1 Å². The Labute approximate surface area is 194 Å². The number of anilines is 2. The van der Waals surface area contributed by atoms with Gasteiger partial charge in [0.25, 0.3) is 0 Å². The average molecular weight is 479 g/mol. The lowest BCUT2D eigenvalue weighted by Crippen LogP contribution is -2.37. The lowest BCUT2D eigenvalue weighted by molar-refractivity contribution is -0.137. The highest BCUT2D eigenvalue weighted by molar-refractivity contribution is 6.01. The lowest BCUT2D eigenvalue weighted by atomic mass is 9.95. The highest BCUT2D eigenvalue weighted by Crippen LogP contribution is 2.37. The number of halogens is 4. The fourth-order valence-corrected chi connectivity index (χ4v) is 3.60. The number of carbonyl (C=O) groups excluding carboxylic acids is 2. The predicted molar refractivity (Wildman–Crippen MR) is 119 cm³/mol. The number of Topliss-reactive ketones (excluding diaryl/α,β-unsaturated/α-hetero) is 1. The molecule has 0 fully saturated rings. The van der Waals surface area contributed by atoms with Gasteiger partial charge in [-0.05, 0) is 57.5 Å². The first kappa shape index (κ1) is 25.1. The maximum Gasteiger partial charge on any atom is 0.416 e. The average Bonchev–Trinajstić information content (AvgIpc) is 3.04. The van der Waals surface area contributed by atoms with Crippen LogP contribution >= 0.6 is 0 Å². The zero-order chi connectivity index (χ0) is 25.3. The second kappa shape index (κ2) is 9.36. The quantitative estimate of drug-likeness (QED) is 0.377. The summed E-state index contributed by atoms with van der Waals surface area (Å²) in [5.41, 5.74) is 4.44. The Morgan fingerprint density at radius 1 is 1.09 bits per heavy atom. The molecule has 0 heterocycles. The molecule has 1 aliphatic carbocycles. The molecule has 0 radical (unpaired) electrons. The number of rotatable bonds is 5. The molecule has 4 N–H and O–H groups in total. The number of alkyl halides is 3. The van der Waals surface area contributed by atoms with Crippen molar-refractivity contribution in [1.82, 2.24) is 5.32 Å². The van der Waals surface area contributed by atoms with Crippen LogP contribution in [0.5, 0.6) is 0 Å².